The quantitative estimate of drug-likeness (QED) is 0.537. The van der Waals surface area contributed by atoms with Crippen molar-refractivity contribution < 1.29 is 4.79 Å². The molecule has 0 saturated carbocycles. The Hall–Kier alpha value is -2.70. The first-order valence-corrected chi connectivity index (χ1v) is 12.4. The van der Waals surface area contributed by atoms with Crippen molar-refractivity contribution in [3.8, 4) is 0 Å². The minimum Gasteiger partial charge on any atom is -0.355 e. The SMILES string of the molecule is C[C@]12C[C@@H](c3ccccc3)N(CC(=O)NCCc3nc4ccccc4[nH]3)[C@H]1CCCCCN2. The van der Waals surface area contributed by atoms with Crippen molar-refractivity contribution >= 4 is 16.9 Å². The van der Waals surface area contributed by atoms with Crippen molar-refractivity contribution in [1.82, 2.24) is 25.5 Å². The molecule has 0 unspecified atom stereocenters. The molecule has 0 aliphatic carbocycles. The van der Waals surface area contributed by atoms with Gasteiger partial charge in [0, 0.05) is 30.6 Å². The summed E-state index contributed by atoms with van der Waals surface area (Å²) in [4.78, 5) is 23.5. The Morgan fingerprint density at radius 2 is 1.94 bits per heavy atom. The summed E-state index contributed by atoms with van der Waals surface area (Å²) in [6.07, 6.45) is 6.60. The van der Waals surface area contributed by atoms with Gasteiger partial charge in [-0.1, -0.05) is 55.3 Å². The molecule has 2 aliphatic heterocycles. The number of para-hydroxylation sites is 2. The third-order valence-electron chi connectivity index (χ3n) is 7.47. The van der Waals surface area contributed by atoms with E-state index < -0.39 is 0 Å². The zero-order valence-corrected chi connectivity index (χ0v) is 19.5. The number of imidazole rings is 1. The first kappa shape index (κ1) is 22.1. The van der Waals surface area contributed by atoms with Crippen LogP contribution in [0.5, 0.6) is 0 Å². The van der Waals surface area contributed by atoms with Crippen molar-refractivity contribution in [1.29, 1.82) is 0 Å². The van der Waals surface area contributed by atoms with Crippen LogP contribution in [0.2, 0.25) is 0 Å². The number of H-pyrrole nitrogens is 1. The molecule has 2 saturated heterocycles. The number of rotatable bonds is 6. The summed E-state index contributed by atoms with van der Waals surface area (Å²) >= 11 is 0. The molecule has 6 heteroatoms. The van der Waals surface area contributed by atoms with Gasteiger partial charge in [0.25, 0.3) is 0 Å². The van der Waals surface area contributed by atoms with E-state index in [-0.39, 0.29) is 17.5 Å². The van der Waals surface area contributed by atoms with Crippen LogP contribution < -0.4 is 10.6 Å². The Bertz CT molecular complexity index is 1050. The Labute approximate surface area is 196 Å². The third kappa shape index (κ3) is 4.82. The lowest BCUT2D eigenvalue weighted by molar-refractivity contribution is -0.123. The molecule has 0 spiro atoms. The average Bonchev–Trinajstić information content (AvgIpc) is 3.33. The molecule has 33 heavy (non-hydrogen) atoms. The second-order valence-corrected chi connectivity index (χ2v) is 9.81. The van der Waals surface area contributed by atoms with Gasteiger partial charge in [0.2, 0.25) is 5.91 Å². The number of nitrogens with zero attached hydrogens (tertiary/aromatic N) is 2. The van der Waals surface area contributed by atoms with Crippen LogP contribution >= 0.6 is 0 Å². The highest BCUT2D eigenvalue weighted by atomic mass is 16.2. The Morgan fingerprint density at radius 3 is 2.79 bits per heavy atom. The van der Waals surface area contributed by atoms with Crippen molar-refractivity contribution in [2.45, 2.75) is 63.1 Å². The average molecular weight is 446 g/mol. The lowest BCUT2D eigenvalue weighted by Gasteiger charge is -2.38. The first-order chi connectivity index (χ1) is 16.1. The predicted octanol–water partition coefficient (Wildman–Crippen LogP) is 3.96. The highest BCUT2D eigenvalue weighted by Crippen LogP contribution is 2.44. The highest BCUT2D eigenvalue weighted by Gasteiger charge is 2.49. The Morgan fingerprint density at radius 1 is 1.12 bits per heavy atom. The Balaban J connectivity index is 1.26. The maximum atomic E-state index is 13.1. The van der Waals surface area contributed by atoms with Gasteiger partial charge in [-0.05, 0) is 50.4 Å². The summed E-state index contributed by atoms with van der Waals surface area (Å²) in [6, 6.07) is 19.4. The van der Waals surface area contributed by atoms with E-state index in [2.05, 4.69) is 62.8 Å². The number of nitrogens with one attached hydrogen (secondary N) is 3. The first-order valence-electron chi connectivity index (χ1n) is 12.4. The van der Waals surface area contributed by atoms with Crippen LogP contribution in [-0.4, -0.2) is 52.0 Å². The molecule has 0 bridgehead atoms. The number of carbonyl (C=O) groups excluding carboxylic acids is 1. The van der Waals surface area contributed by atoms with Gasteiger partial charge in [-0.3, -0.25) is 9.69 Å². The van der Waals surface area contributed by atoms with Gasteiger partial charge in [-0.15, -0.1) is 0 Å². The number of carbonyl (C=O) groups is 1. The van der Waals surface area contributed by atoms with Crippen molar-refractivity contribution in [3.63, 3.8) is 0 Å². The molecule has 5 rings (SSSR count). The lowest BCUT2D eigenvalue weighted by Crippen LogP contribution is -2.54. The van der Waals surface area contributed by atoms with Crippen molar-refractivity contribution in [2.24, 2.45) is 0 Å². The van der Waals surface area contributed by atoms with Crippen LogP contribution in [-0.2, 0) is 11.2 Å². The molecule has 174 valence electrons. The van der Waals surface area contributed by atoms with Crippen LogP contribution in [0.3, 0.4) is 0 Å². The van der Waals surface area contributed by atoms with Crippen LogP contribution in [0, 0.1) is 0 Å². The summed E-state index contributed by atoms with van der Waals surface area (Å²) in [5.41, 5.74) is 3.35. The fourth-order valence-electron chi connectivity index (χ4n) is 5.80. The molecule has 3 N–H and O–H groups in total. The fourth-order valence-corrected chi connectivity index (χ4v) is 5.80. The van der Waals surface area contributed by atoms with Crippen LogP contribution in [0.1, 0.15) is 56.5 Å². The zero-order valence-electron chi connectivity index (χ0n) is 19.5. The van der Waals surface area contributed by atoms with Gasteiger partial charge in [0.1, 0.15) is 5.82 Å². The summed E-state index contributed by atoms with van der Waals surface area (Å²) in [7, 11) is 0. The molecule has 2 aliphatic rings. The number of likely N-dealkylation sites (tertiary alicyclic amines) is 1. The Kier molecular flexibility index (Phi) is 6.47. The second kappa shape index (κ2) is 9.65. The monoisotopic (exact) mass is 445 g/mol. The molecule has 6 nitrogen and oxygen atoms in total. The molecule has 0 radical (unpaired) electrons. The molecule has 1 amide bonds. The minimum atomic E-state index is 0.0372. The van der Waals surface area contributed by atoms with E-state index in [4.69, 9.17) is 0 Å². The molecule has 1 aromatic heterocycles. The van der Waals surface area contributed by atoms with Crippen LogP contribution in [0.4, 0.5) is 0 Å². The number of aromatic nitrogens is 2. The topological polar surface area (TPSA) is 73.0 Å². The van der Waals surface area contributed by atoms with Crippen molar-refractivity contribution in [3.05, 3.63) is 66.0 Å². The maximum Gasteiger partial charge on any atom is 0.234 e. The molecule has 2 fully saturated rings. The maximum absolute atomic E-state index is 13.1. The number of fused-ring (bicyclic) bond motifs is 2. The second-order valence-electron chi connectivity index (χ2n) is 9.81. The highest BCUT2D eigenvalue weighted by molar-refractivity contribution is 5.78. The van der Waals surface area contributed by atoms with Crippen LogP contribution in [0.25, 0.3) is 11.0 Å². The zero-order chi connectivity index (χ0) is 22.7. The largest absolute Gasteiger partial charge is 0.355 e. The van der Waals surface area contributed by atoms with E-state index in [0.717, 1.165) is 36.2 Å². The van der Waals surface area contributed by atoms with E-state index in [1.54, 1.807) is 0 Å². The van der Waals surface area contributed by atoms with Crippen molar-refractivity contribution in [2.75, 3.05) is 19.6 Å². The van der Waals surface area contributed by atoms with Gasteiger partial charge in [-0.25, -0.2) is 4.98 Å². The number of hydrogen-bond donors (Lipinski definition) is 3. The van der Waals surface area contributed by atoms with E-state index in [9.17, 15) is 4.79 Å². The smallest absolute Gasteiger partial charge is 0.234 e. The normalized spacial score (nSPS) is 26.0. The summed E-state index contributed by atoms with van der Waals surface area (Å²) in [5.74, 6) is 1.01. The van der Waals surface area contributed by atoms with Gasteiger partial charge in [0.05, 0.1) is 17.6 Å². The molecule has 3 atom stereocenters. The number of benzene rings is 2. The number of amides is 1. The summed E-state index contributed by atoms with van der Waals surface area (Å²) < 4.78 is 0. The van der Waals surface area contributed by atoms with E-state index >= 15 is 0 Å². The molecule has 3 heterocycles. The van der Waals surface area contributed by atoms with E-state index in [1.807, 2.05) is 24.3 Å². The minimum absolute atomic E-state index is 0.0372. The van der Waals surface area contributed by atoms with Gasteiger partial charge in [-0.2, -0.15) is 0 Å². The third-order valence-corrected chi connectivity index (χ3v) is 7.47. The molecule has 2 aromatic carbocycles. The molecular formula is C27H35N5O. The predicted molar refractivity (Wildman–Crippen MR) is 132 cm³/mol. The fraction of sp³-hybridized carbons (Fsp3) is 0.481. The molecule has 3 aromatic rings. The van der Waals surface area contributed by atoms with Crippen LogP contribution in [0.15, 0.2) is 54.6 Å². The summed E-state index contributed by atoms with van der Waals surface area (Å²) in [5, 5.41) is 7.00. The standard InChI is InChI=1S/C27H35N5O/c1-27-18-23(20-10-4-2-5-11-20)32(24(27)14-6-3-9-16-29-27)19-26(33)28-17-15-25-30-21-12-7-8-13-22(21)31-25/h2,4-5,7-8,10-13,23-24,29H,3,6,9,14-19H2,1H3,(H,28,33)(H,30,31)/t23-,24-,27-/m0/s1. The van der Waals surface area contributed by atoms with Gasteiger partial charge >= 0.3 is 0 Å². The number of hydrogen-bond acceptors (Lipinski definition) is 4. The van der Waals surface area contributed by atoms with Gasteiger partial charge < -0.3 is 15.6 Å². The summed E-state index contributed by atoms with van der Waals surface area (Å²) in [6.45, 7) is 4.44. The van der Waals surface area contributed by atoms with Gasteiger partial charge in [0.15, 0.2) is 0 Å². The lowest BCUT2D eigenvalue weighted by atomic mass is 9.85. The van der Waals surface area contributed by atoms with E-state index in [0.29, 0.717) is 25.6 Å². The van der Waals surface area contributed by atoms with E-state index in [1.165, 1.54) is 24.8 Å². The number of aromatic amines is 1. The molecular weight excluding hydrogens is 410 g/mol.